The number of amides is 1. The van der Waals surface area contributed by atoms with Gasteiger partial charge in [0.25, 0.3) is 5.91 Å². The van der Waals surface area contributed by atoms with Crippen LogP contribution in [-0.4, -0.2) is 32.4 Å². The SMILES string of the molecule is CCC1(c2ccc3cc(C(=O)Nc4cnn(CCO)c4)[nH]c3c2)CCCC1. The number of rotatable bonds is 6. The molecule has 1 aliphatic carbocycles. The van der Waals surface area contributed by atoms with E-state index >= 15 is 0 Å². The second kappa shape index (κ2) is 7.19. The van der Waals surface area contributed by atoms with Crippen molar-refractivity contribution in [3.63, 3.8) is 0 Å². The van der Waals surface area contributed by atoms with Crippen molar-refractivity contribution in [2.45, 2.75) is 51.0 Å². The second-order valence-electron chi connectivity index (χ2n) is 7.50. The molecule has 27 heavy (non-hydrogen) atoms. The fraction of sp³-hybridized carbons (Fsp3) is 0.429. The van der Waals surface area contributed by atoms with Gasteiger partial charge in [-0.05, 0) is 42.4 Å². The molecule has 1 aliphatic rings. The standard InChI is InChI=1S/C21H26N4O2/c1-2-21(7-3-4-8-21)16-6-5-15-11-19(24-18(15)12-16)20(27)23-17-13-22-25(14-17)9-10-26/h5-6,11-14,24,26H,2-4,7-10H2,1H3,(H,23,27). The molecule has 0 saturated heterocycles. The summed E-state index contributed by atoms with van der Waals surface area (Å²) >= 11 is 0. The number of carbonyl (C=O) groups excluding carboxylic acids is 1. The minimum atomic E-state index is -0.192. The fourth-order valence-electron chi connectivity index (χ4n) is 4.33. The van der Waals surface area contributed by atoms with Crippen molar-refractivity contribution >= 4 is 22.5 Å². The van der Waals surface area contributed by atoms with Crippen molar-refractivity contribution in [3.05, 3.63) is 47.9 Å². The Morgan fingerprint density at radius 1 is 1.33 bits per heavy atom. The summed E-state index contributed by atoms with van der Waals surface area (Å²) in [6.45, 7) is 2.70. The quantitative estimate of drug-likeness (QED) is 0.620. The van der Waals surface area contributed by atoms with Gasteiger partial charge in [-0.2, -0.15) is 5.10 Å². The van der Waals surface area contributed by atoms with Gasteiger partial charge in [-0.3, -0.25) is 9.48 Å². The number of H-pyrrole nitrogens is 1. The molecule has 0 spiro atoms. The van der Waals surface area contributed by atoms with Crippen LogP contribution in [0.25, 0.3) is 10.9 Å². The zero-order valence-electron chi connectivity index (χ0n) is 15.7. The lowest BCUT2D eigenvalue weighted by Gasteiger charge is -2.28. The van der Waals surface area contributed by atoms with Crippen LogP contribution in [0.2, 0.25) is 0 Å². The third kappa shape index (κ3) is 3.37. The van der Waals surface area contributed by atoms with Gasteiger partial charge in [0.15, 0.2) is 0 Å². The van der Waals surface area contributed by atoms with Gasteiger partial charge in [-0.1, -0.05) is 31.9 Å². The van der Waals surface area contributed by atoms with E-state index in [1.54, 1.807) is 17.1 Å². The molecule has 0 radical (unpaired) electrons. The Balaban J connectivity index is 1.56. The summed E-state index contributed by atoms with van der Waals surface area (Å²) in [4.78, 5) is 15.9. The van der Waals surface area contributed by atoms with Crippen LogP contribution in [0, 0.1) is 0 Å². The molecule has 3 N–H and O–H groups in total. The zero-order chi connectivity index (χ0) is 18.9. The number of fused-ring (bicyclic) bond motifs is 1. The van der Waals surface area contributed by atoms with Crippen molar-refractivity contribution in [3.8, 4) is 0 Å². The summed E-state index contributed by atoms with van der Waals surface area (Å²) in [6.07, 6.45) is 9.55. The first-order valence-corrected chi connectivity index (χ1v) is 9.71. The molecule has 2 aromatic heterocycles. The van der Waals surface area contributed by atoms with Crippen LogP contribution < -0.4 is 5.32 Å². The molecule has 1 aromatic carbocycles. The lowest BCUT2D eigenvalue weighted by Crippen LogP contribution is -2.20. The summed E-state index contributed by atoms with van der Waals surface area (Å²) in [7, 11) is 0. The monoisotopic (exact) mass is 366 g/mol. The van der Waals surface area contributed by atoms with E-state index in [1.807, 2.05) is 6.07 Å². The van der Waals surface area contributed by atoms with E-state index < -0.39 is 0 Å². The predicted molar refractivity (Wildman–Crippen MR) is 106 cm³/mol. The molecule has 1 fully saturated rings. The Hall–Kier alpha value is -2.60. The van der Waals surface area contributed by atoms with Crippen LogP contribution in [0.15, 0.2) is 36.7 Å². The van der Waals surface area contributed by atoms with Crippen LogP contribution in [-0.2, 0) is 12.0 Å². The number of nitrogens with one attached hydrogen (secondary N) is 2. The highest BCUT2D eigenvalue weighted by atomic mass is 16.3. The predicted octanol–water partition coefficient (Wildman–Crippen LogP) is 3.83. The maximum Gasteiger partial charge on any atom is 0.272 e. The molecule has 4 rings (SSSR count). The topological polar surface area (TPSA) is 82.9 Å². The average Bonchev–Trinajstić information content (AvgIpc) is 3.41. The van der Waals surface area contributed by atoms with E-state index in [0.29, 0.717) is 23.3 Å². The largest absolute Gasteiger partial charge is 0.394 e. The molecular formula is C21H26N4O2. The van der Waals surface area contributed by atoms with Crippen LogP contribution >= 0.6 is 0 Å². The normalized spacial score (nSPS) is 16.1. The van der Waals surface area contributed by atoms with Crippen LogP contribution in [0.1, 0.15) is 55.1 Å². The van der Waals surface area contributed by atoms with Gasteiger partial charge in [0.2, 0.25) is 0 Å². The number of hydrogen-bond acceptors (Lipinski definition) is 3. The van der Waals surface area contributed by atoms with Crippen molar-refractivity contribution in [2.24, 2.45) is 0 Å². The smallest absolute Gasteiger partial charge is 0.272 e. The fourth-order valence-corrected chi connectivity index (χ4v) is 4.33. The van der Waals surface area contributed by atoms with Crippen molar-refractivity contribution in [1.82, 2.24) is 14.8 Å². The number of carbonyl (C=O) groups is 1. The second-order valence-corrected chi connectivity index (χ2v) is 7.50. The van der Waals surface area contributed by atoms with Gasteiger partial charge >= 0.3 is 0 Å². The van der Waals surface area contributed by atoms with Gasteiger partial charge in [0, 0.05) is 17.1 Å². The van der Waals surface area contributed by atoms with E-state index in [0.717, 1.165) is 17.3 Å². The molecule has 0 atom stereocenters. The van der Waals surface area contributed by atoms with E-state index in [9.17, 15) is 4.79 Å². The lowest BCUT2D eigenvalue weighted by atomic mass is 9.76. The number of aromatic amines is 1. The first kappa shape index (κ1) is 17.8. The number of anilines is 1. The highest BCUT2D eigenvalue weighted by molar-refractivity contribution is 6.05. The Bertz CT molecular complexity index is 950. The van der Waals surface area contributed by atoms with Crippen LogP contribution in [0.5, 0.6) is 0 Å². The van der Waals surface area contributed by atoms with Crippen LogP contribution in [0.3, 0.4) is 0 Å². The molecular weight excluding hydrogens is 340 g/mol. The molecule has 0 unspecified atom stereocenters. The first-order chi connectivity index (χ1) is 13.1. The van der Waals surface area contributed by atoms with Crippen molar-refractivity contribution in [1.29, 1.82) is 0 Å². The zero-order valence-corrected chi connectivity index (χ0v) is 15.7. The minimum Gasteiger partial charge on any atom is -0.394 e. The maximum atomic E-state index is 12.6. The Morgan fingerprint density at radius 3 is 2.89 bits per heavy atom. The van der Waals surface area contributed by atoms with Crippen molar-refractivity contribution < 1.29 is 9.90 Å². The Morgan fingerprint density at radius 2 is 2.15 bits per heavy atom. The van der Waals surface area contributed by atoms with E-state index in [1.165, 1.54) is 31.2 Å². The number of benzene rings is 1. The van der Waals surface area contributed by atoms with E-state index in [-0.39, 0.29) is 12.5 Å². The lowest BCUT2D eigenvalue weighted by molar-refractivity contribution is 0.102. The molecule has 6 heteroatoms. The summed E-state index contributed by atoms with van der Waals surface area (Å²) in [5.41, 5.74) is 3.84. The molecule has 2 heterocycles. The Kier molecular flexibility index (Phi) is 4.74. The Labute approximate surface area is 158 Å². The molecule has 1 amide bonds. The molecule has 1 saturated carbocycles. The number of aliphatic hydroxyl groups is 1. The van der Waals surface area contributed by atoms with E-state index in [2.05, 4.69) is 40.5 Å². The van der Waals surface area contributed by atoms with Crippen LogP contribution in [0.4, 0.5) is 5.69 Å². The number of hydrogen-bond donors (Lipinski definition) is 3. The van der Waals surface area contributed by atoms with Gasteiger partial charge in [0.05, 0.1) is 25.0 Å². The average molecular weight is 366 g/mol. The van der Waals surface area contributed by atoms with E-state index in [4.69, 9.17) is 5.11 Å². The third-order valence-electron chi connectivity index (χ3n) is 5.94. The molecule has 6 nitrogen and oxygen atoms in total. The van der Waals surface area contributed by atoms with Gasteiger partial charge < -0.3 is 15.4 Å². The molecule has 3 aromatic rings. The van der Waals surface area contributed by atoms with Gasteiger partial charge in [-0.25, -0.2) is 0 Å². The molecule has 142 valence electrons. The summed E-state index contributed by atoms with van der Waals surface area (Å²) < 4.78 is 1.60. The highest BCUT2D eigenvalue weighted by Crippen LogP contribution is 2.44. The third-order valence-corrected chi connectivity index (χ3v) is 5.94. The summed E-state index contributed by atoms with van der Waals surface area (Å²) in [5, 5.41) is 16.9. The molecule has 0 bridgehead atoms. The first-order valence-electron chi connectivity index (χ1n) is 9.71. The maximum absolute atomic E-state index is 12.6. The molecule has 0 aliphatic heterocycles. The van der Waals surface area contributed by atoms with Crippen molar-refractivity contribution in [2.75, 3.05) is 11.9 Å². The summed E-state index contributed by atoms with van der Waals surface area (Å²) in [5.74, 6) is -0.192. The number of aromatic nitrogens is 3. The minimum absolute atomic E-state index is 0.0126. The highest BCUT2D eigenvalue weighted by Gasteiger charge is 2.33. The van der Waals surface area contributed by atoms with Gasteiger partial charge in [-0.15, -0.1) is 0 Å². The van der Waals surface area contributed by atoms with Gasteiger partial charge in [0.1, 0.15) is 5.69 Å². The summed E-state index contributed by atoms with van der Waals surface area (Å²) in [6, 6.07) is 8.46. The number of nitrogens with zero attached hydrogens (tertiary/aromatic N) is 2. The number of aliphatic hydroxyl groups excluding tert-OH is 1.